The Bertz CT molecular complexity index is 1380. The lowest BCUT2D eigenvalue weighted by Gasteiger charge is -2.15. The molecule has 0 heterocycles. The quantitative estimate of drug-likeness (QED) is 0.0290. The highest BCUT2D eigenvalue weighted by Gasteiger charge is 2.25. The molecule has 18 heteroatoms. The maximum Gasteiger partial charge on any atom is 0.332 e. The van der Waals surface area contributed by atoms with E-state index in [-0.39, 0.29) is 58.6 Å². The summed E-state index contributed by atoms with van der Waals surface area (Å²) in [5.41, 5.74) is -1.96. The van der Waals surface area contributed by atoms with Gasteiger partial charge < -0.3 is 63.1 Å². The maximum atomic E-state index is 11.9. The largest absolute Gasteiger partial charge is 0.491 e. The first-order valence-corrected chi connectivity index (χ1v) is 20.3. The zero-order valence-electron chi connectivity index (χ0n) is 36.1. The molecule has 0 aliphatic rings. The first-order valence-electron chi connectivity index (χ1n) is 19.5. The van der Waals surface area contributed by atoms with Gasteiger partial charge in [-0.3, -0.25) is 9.59 Å². The van der Waals surface area contributed by atoms with E-state index in [2.05, 4.69) is 0 Å². The smallest absolute Gasteiger partial charge is 0.332 e. The monoisotopic (exact) mass is 973 g/mol. The van der Waals surface area contributed by atoms with Gasteiger partial charge in [0.2, 0.25) is 0 Å². The number of carbonyl (C=O) groups is 4. The summed E-state index contributed by atoms with van der Waals surface area (Å²) in [7, 11) is 0. The predicted octanol–water partition coefficient (Wildman–Crippen LogP) is 4.47. The van der Waals surface area contributed by atoms with Crippen molar-refractivity contribution in [1.29, 1.82) is 0 Å². The first-order chi connectivity index (χ1) is 28.5. The molecule has 0 radical (unpaired) electrons. The number of rotatable bonds is 29. The number of esters is 1. The van der Waals surface area contributed by atoms with Crippen molar-refractivity contribution < 1.29 is 83.6 Å². The number of benzene rings is 2. The van der Waals surface area contributed by atoms with Gasteiger partial charge in [0.05, 0.1) is 59.5 Å². The zero-order valence-corrected chi connectivity index (χ0v) is 37.3. The number of carbonyl (C=O) groups excluding carboxylic acids is 3. The lowest BCUT2D eigenvalue weighted by atomic mass is 9.97. The number of carboxylic acids is 1. The molecule has 346 valence electrons. The van der Waals surface area contributed by atoms with Gasteiger partial charge in [-0.1, -0.05) is 30.0 Å². The van der Waals surface area contributed by atoms with Crippen molar-refractivity contribution in [3.63, 3.8) is 0 Å². The fourth-order valence-corrected chi connectivity index (χ4v) is 3.91. The highest BCUT2D eigenvalue weighted by molar-refractivity contribution is 14.1. The van der Waals surface area contributed by atoms with E-state index < -0.39 is 23.1 Å². The van der Waals surface area contributed by atoms with E-state index in [0.29, 0.717) is 93.6 Å². The Balaban J connectivity index is -0.000000863. The van der Waals surface area contributed by atoms with Crippen molar-refractivity contribution in [2.24, 2.45) is 0 Å². The average molecular weight is 974 g/mol. The molecule has 0 aliphatic heterocycles. The molecule has 0 saturated heterocycles. The average Bonchev–Trinajstić information content (AvgIpc) is 3.20. The van der Waals surface area contributed by atoms with Crippen LogP contribution in [0.5, 0.6) is 11.5 Å². The summed E-state index contributed by atoms with van der Waals surface area (Å²) in [6.07, 6.45) is 0. The van der Waals surface area contributed by atoms with Gasteiger partial charge in [0.1, 0.15) is 55.7 Å². The van der Waals surface area contributed by atoms with Crippen LogP contribution >= 0.6 is 22.6 Å². The molecule has 0 aromatic heterocycles. The fraction of sp³-hybridized carbons (Fsp3) is 0.619. The zero-order chi connectivity index (χ0) is 45.7. The minimum atomic E-state index is -1.42. The van der Waals surface area contributed by atoms with Crippen LogP contribution in [0.2, 0.25) is 0 Å². The van der Waals surface area contributed by atoms with Crippen LogP contribution in [-0.4, -0.2) is 166 Å². The minimum absolute atomic E-state index is 0. The standard InChI is InChI=1S/C20H30O8.C12H16O4.C8H16O5.CH3I.CH4/c1-4-24-9-10-25-11-12-26-15-18(21)28-14-13-27-17-7-5-16(6-8-17)19(22)20(2,3)23;1-12(2,15)11(14)9-3-5-10(6-4-9)16-8-7-13;1-2-11-3-4-12-5-6-13-7-8(9)10;1-2;/h5-8,23H,4,9-15H2,1-3H3;3-6,13,15H,7-8H2,1-2H3;2-7H2,1H3,(H,9,10);1H3;1H4/i;;;1D;. The van der Waals surface area contributed by atoms with Gasteiger partial charge in [0, 0.05) is 25.7 Å². The molecule has 0 bridgehead atoms. The van der Waals surface area contributed by atoms with Gasteiger partial charge in [-0.05, 0) is 95.0 Å². The van der Waals surface area contributed by atoms with Crippen LogP contribution in [0.4, 0.5) is 0 Å². The normalized spacial score (nSPS) is 10.8. The van der Waals surface area contributed by atoms with E-state index in [0.717, 1.165) is 0 Å². The molecule has 0 aliphatic carbocycles. The summed E-state index contributed by atoms with van der Waals surface area (Å²) in [4.78, 5) is 45.6. The number of ketones is 2. The van der Waals surface area contributed by atoms with Crippen LogP contribution in [0.25, 0.3) is 0 Å². The van der Waals surface area contributed by atoms with Gasteiger partial charge in [-0.25, -0.2) is 9.59 Å². The SMILES string of the molecule is C.CC(C)(O)C(=O)c1ccc(OCCO)cc1.CCOCCOCCOCC(=O)O.CCOCCOCCOCC(=O)OCCOc1ccc(C(=O)C(C)(C)O)cc1.[2H]CI. The van der Waals surface area contributed by atoms with Crippen LogP contribution in [0.3, 0.4) is 0 Å². The number of aliphatic hydroxyl groups is 3. The number of alkyl halides is 1. The molecular weight excluding hydrogens is 903 g/mol. The van der Waals surface area contributed by atoms with Crippen molar-refractivity contribution in [2.45, 2.75) is 60.2 Å². The molecule has 0 amide bonds. The fourth-order valence-electron chi connectivity index (χ4n) is 3.91. The number of hydrogen-bond donors (Lipinski definition) is 4. The Labute approximate surface area is 370 Å². The van der Waals surface area contributed by atoms with Gasteiger partial charge in [-0.15, -0.1) is 0 Å². The highest BCUT2D eigenvalue weighted by atomic mass is 127. The molecule has 4 N–H and O–H groups in total. The van der Waals surface area contributed by atoms with Crippen LogP contribution in [-0.2, 0) is 42.7 Å². The third kappa shape index (κ3) is 34.4. The number of ether oxygens (including phenoxy) is 9. The van der Waals surface area contributed by atoms with E-state index in [1.54, 1.807) is 48.5 Å². The second-order valence-electron chi connectivity index (χ2n) is 12.6. The van der Waals surface area contributed by atoms with E-state index in [1.807, 2.05) is 36.4 Å². The minimum Gasteiger partial charge on any atom is -0.491 e. The lowest BCUT2D eigenvalue weighted by molar-refractivity contribution is -0.150. The van der Waals surface area contributed by atoms with Crippen LogP contribution in [0.15, 0.2) is 48.5 Å². The molecule has 2 aromatic carbocycles. The molecular formula is C42H69IO17. The van der Waals surface area contributed by atoms with Crippen molar-refractivity contribution in [1.82, 2.24) is 0 Å². The van der Waals surface area contributed by atoms with E-state index in [1.165, 1.54) is 27.7 Å². The Morgan fingerprint density at radius 3 is 1.28 bits per heavy atom. The maximum absolute atomic E-state index is 11.9. The predicted molar refractivity (Wildman–Crippen MR) is 234 cm³/mol. The summed E-state index contributed by atoms with van der Waals surface area (Å²) in [5.74, 6) is -1.03. The van der Waals surface area contributed by atoms with E-state index >= 15 is 0 Å². The Kier molecular flexibility index (Phi) is 37.8. The Morgan fingerprint density at radius 1 is 0.583 bits per heavy atom. The molecule has 2 rings (SSSR count). The number of halogens is 1. The van der Waals surface area contributed by atoms with E-state index in [9.17, 15) is 29.4 Å². The molecule has 0 atom stereocenters. The third-order valence-corrected chi connectivity index (χ3v) is 6.66. The Morgan fingerprint density at radius 2 is 0.933 bits per heavy atom. The third-order valence-electron chi connectivity index (χ3n) is 6.66. The van der Waals surface area contributed by atoms with Crippen LogP contribution in [0.1, 0.15) is 71.1 Å². The van der Waals surface area contributed by atoms with Crippen molar-refractivity contribution >= 4 is 46.1 Å². The van der Waals surface area contributed by atoms with Crippen molar-refractivity contribution in [3.8, 4) is 11.5 Å². The van der Waals surface area contributed by atoms with Gasteiger partial charge in [0.15, 0.2) is 11.6 Å². The number of aliphatic hydroxyl groups excluding tert-OH is 1. The first kappa shape index (κ1) is 58.8. The van der Waals surface area contributed by atoms with Gasteiger partial charge in [-0.2, -0.15) is 0 Å². The number of Topliss-reactive ketones (excluding diaryl/α,β-unsaturated/α-hetero) is 2. The summed E-state index contributed by atoms with van der Waals surface area (Å²) < 4.78 is 52.1. The van der Waals surface area contributed by atoms with Gasteiger partial charge in [0.25, 0.3) is 0 Å². The molecule has 0 saturated carbocycles. The van der Waals surface area contributed by atoms with Crippen molar-refractivity contribution in [2.75, 3.05) is 111 Å². The molecule has 60 heavy (non-hydrogen) atoms. The molecule has 0 fully saturated rings. The van der Waals surface area contributed by atoms with Crippen molar-refractivity contribution in [3.05, 3.63) is 59.7 Å². The van der Waals surface area contributed by atoms with Gasteiger partial charge >= 0.3 is 11.9 Å². The second-order valence-corrected chi connectivity index (χ2v) is 12.6. The molecule has 0 spiro atoms. The van der Waals surface area contributed by atoms with Crippen LogP contribution < -0.4 is 9.47 Å². The summed E-state index contributed by atoms with van der Waals surface area (Å²) >= 11 is 1.96. The second kappa shape index (κ2) is 38.6. The summed E-state index contributed by atoms with van der Waals surface area (Å²) in [6, 6.07) is 12.8. The number of aliphatic carboxylic acids is 1. The highest BCUT2D eigenvalue weighted by Crippen LogP contribution is 2.18. The Hall–Kier alpha value is -3.31. The number of hydrogen-bond acceptors (Lipinski definition) is 16. The lowest BCUT2D eigenvalue weighted by Crippen LogP contribution is -2.30. The van der Waals surface area contributed by atoms with E-state index in [4.69, 9.17) is 54.2 Å². The topological polar surface area (TPSA) is 232 Å². The summed E-state index contributed by atoms with van der Waals surface area (Å²) in [5, 5.41) is 36.0. The molecule has 2 aromatic rings. The van der Waals surface area contributed by atoms with Crippen LogP contribution in [0, 0.1) is 0 Å². The number of carboxylic acid groups (broad SMARTS) is 1. The molecule has 17 nitrogen and oxygen atoms in total. The molecule has 0 unspecified atom stereocenters. The summed E-state index contributed by atoms with van der Waals surface area (Å²) in [6.45, 7) is 14.4.